The zero-order valence-electron chi connectivity index (χ0n) is 12.5. The molecule has 22 heavy (non-hydrogen) atoms. The Labute approximate surface area is 134 Å². The van der Waals surface area contributed by atoms with Gasteiger partial charge in [0, 0.05) is 12.4 Å². The number of fused-ring (bicyclic) bond motifs is 1. The summed E-state index contributed by atoms with van der Waals surface area (Å²) in [5.74, 6) is -1.59. The number of carbonyl (C=O) groups excluding carboxylic acids is 2. The predicted molar refractivity (Wildman–Crippen MR) is 84.5 cm³/mol. The highest BCUT2D eigenvalue weighted by Crippen LogP contribution is 2.54. The van der Waals surface area contributed by atoms with Crippen LogP contribution in [0.2, 0.25) is 0 Å². The number of esters is 1. The van der Waals surface area contributed by atoms with Crippen LogP contribution < -0.4 is 0 Å². The standard InChI is InChI=1S/C17H18ClNO3/c1-22-16(21)15(20)13(17(10-18)7-8-17)14-12-5-3-2-4-11(12)6-9-19-14/h2-5,13H,6-10H2,1H3. The van der Waals surface area contributed by atoms with Crippen LogP contribution in [-0.4, -0.2) is 37.0 Å². The highest BCUT2D eigenvalue weighted by Gasteiger charge is 2.55. The van der Waals surface area contributed by atoms with E-state index in [1.54, 1.807) is 0 Å². The number of ketones is 1. The number of rotatable bonds is 5. The molecular weight excluding hydrogens is 302 g/mol. The highest BCUT2D eigenvalue weighted by atomic mass is 35.5. The number of hydrogen-bond acceptors (Lipinski definition) is 4. The number of aliphatic imine (C=N–C) groups is 1. The van der Waals surface area contributed by atoms with Crippen LogP contribution in [0, 0.1) is 11.3 Å². The van der Waals surface area contributed by atoms with Crippen molar-refractivity contribution in [1.82, 2.24) is 0 Å². The summed E-state index contributed by atoms with van der Waals surface area (Å²) in [6, 6.07) is 7.92. The molecule has 3 rings (SSSR count). The maximum Gasteiger partial charge on any atom is 0.375 e. The zero-order valence-corrected chi connectivity index (χ0v) is 13.2. The van der Waals surface area contributed by atoms with E-state index in [1.165, 1.54) is 12.7 Å². The van der Waals surface area contributed by atoms with Gasteiger partial charge in [-0.15, -0.1) is 11.6 Å². The number of nitrogens with zero attached hydrogens (tertiary/aromatic N) is 1. The summed E-state index contributed by atoms with van der Waals surface area (Å²) < 4.78 is 4.65. The second kappa shape index (κ2) is 5.84. The third-order valence-electron chi connectivity index (χ3n) is 4.65. The molecule has 0 spiro atoms. The number of ether oxygens (including phenoxy) is 1. The molecule has 1 saturated carbocycles. The van der Waals surface area contributed by atoms with Crippen molar-refractivity contribution in [1.29, 1.82) is 0 Å². The topological polar surface area (TPSA) is 55.7 Å². The molecule has 2 aliphatic rings. The van der Waals surface area contributed by atoms with Crippen molar-refractivity contribution in [3.63, 3.8) is 0 Å². The Balaban J connectivity index is 2.05. The van der Waals surface area contributed by atoms with Crippen LogP contribution in [0.3, 0.4) is 0 Å². The minimum absolute atomic E-state index is 0.349. The van der Waals surface area contributed by atoms with Gasteiger partial charge in [0.05, 0.1) is 18.7 Å². The lowest BCUT2D eigenvalue weighted by Crippen LogP contribution is -2.40. The van der Waals surface area contributed by atoms with Crippen LogP contribution in [0.25, 0.3) is 0 Å². The molecular formula is C17H18ClNO3. The molecule has 1 aromatic rings. The van der Waals surface area contributed by atoms with Crippen molar-refractivity contribution in [3.05, 3.63) is 35.4 Å². The van der Waals surface area contributed by atoms with Gasteiger partial charge in [-0.3, -0.25) is 9.79 Å². The lowest BCUT2D eigenvalue weighted by Gasteiger charge is -2.28. The van der Waals surface area contributed by atoms with Gasteiger partial charge in [0.1, 0.15) is 0 Å². The van der Waals surface area contributed by atoms with Crippen LogP contribution >= 0.6 is 11.6 Å². The number of halogens is 1. The van der Waals surface area contributed by atoms with Crippen molar-refractivity contribution in [2.75, 3.05) is 19.5 Å². The van der Waals surface area contributed by atoms with Crippen LogP contribution in [0.1, 0.15) is 24.0 Å². The molecule has 5 heteroatoms. The lowest BCUT2D eigenvalue weighted by atomic mass is 9.78. The van der Waals surface area contributed by atoms with Gasteiger partial charge in [0.2, 0.25) is 5.78 Å². The molecule has 1 aliphatic carbocycles. The summed E-state index contributed by atoms with van der Waals surface area (Å²) in [7, 11) is 1.23. The maximum absolute atomic E-state index is 12.6. The SMILES string of the molecule is COC(=O)C(=O)C(C1=NCCc2ccccc21)C1(CCl)CC1. The Hall–Kier alpha value is -1.68. The molecule has 116 valence electrons. The molecule has 1 fully saturated rings. The van der Waals surface area contributed by atoms with Gasteiger partial charge < -0.3 is 4.74 Å². The fourth-order valence-corrected chi connectivity index (χ4v) is 3.61. The molecule has 0 amide bonds. The van der Waals surface area contributed by atoms with Crippen molar-refractivity contribution in [2.45, 2.75) is 19.3 Å². The summed E-state index contributed by atoms with van der Waals surface area (Å²) in [6.07, 6.45) is 2.53. The number of alkyl halides is 1. The predicted octanol–water partition coefficient (Wildman–Crippen LogP) is 2.41. The molecule has 0 N–H and O–H groups in total. The summed E-state index contributed by atoms with van der Waals surface area (Å²) >= 11 is 6.13. The Morgan fingerprint density at radius 2 is 2.09 bits per heavy atom. The molecule has 1 aliphatic heterocycles. The minimum atomic E-state index is -0.813. The first-order chi connectivity index (χ1) is 10.6. The van der Waals surface area contributed by atoms with E-state index in [0.717, 1.165) is 24.8 Å². The largest absolute Gasteiger partial charge is 0.463 e. The van der Waals surface area contributed by atoms with Gasteiger partial charge in [-0.2, -0.15) is 0 Å². The van der Waals surface area contributed by atoms with E-state index in [9.17, 15) is 9.59 Å². The van der Waals surface area contributed by atoms with Crippen molar-refractivity contribution < 1.29 is 14.3 Å². The van der Waals surface area contributed by atoms with Gasteiger partial charge in [-0.1, -0.05) is 24.3 Å². The first-order valence-electron chi connectivity index (χ1n) is 7.44. The molecule has 1 unspecified atom stereocenters. The normalized spacial score (nSPS) is 19.6. The fraction of sp³-hybridized carbons (Fsp3) is 0.471. The molecule has 4 nitrogen and oxygen atoms in total. The average molecular weight is 320 g/mol. The van der Waals surface area contributed by atoms with Gasteiger partial charge in [0.25, 0.3) is 0 Å². The highest BCUT2D eigenvalue weighted by molar-refractivity contribution is 6.40. The van der Waals surface area contributed by atoms with Crippen molar-refractivity contribution in [2.24, 2.45) is 16.3 Å². The maximum atomic E-state index is 12.6. The van der Waals surface area contributed by atoms with Crippen LogP contribution in [0.5, 0.6) is 0 Å². The number of carbonyl (C=O) groups is 2. The fourth-order valence-electron chi connectivity index (χ4n) is 3.19. The number of hydrogen-bond donors (Lipinski definition) is 0. The van der Waals surface area contributed by atoms with Crippen LogP contribution in [0.4, 0.5) is 0 Å². The van der Waals surface area contributed by atoms with Gasteiger partial charge >= 0.3 is 5.97 Å². The molecule has 1 heterocycles. The Morgan fingerprint density at radius 1 is 1.36 bits per heavy atom. The molecule has 0 bridgehead atoms. The summed E-state index contributed by atoms with van der Waals surface area (Å²) in [6.45, 7) is 0.635. The number of benzene rings is 1. The first kappa shape index (κ1) is 15.2. The Morgan fingerprint density at radius 3 is 2.73 bits per heavy atom. The zero-order chi connectivity index (χ0) is 15.7. The van der Waals surface area contributed by atoms with E-state index < -0.39 is 17.7 Å². The van der Waals surface area contributed by atoms with E-state index in [2.05, 4.69) is 9.73 Å². The lowest BCUT2D eigenvalue weighted by molar-refractivity contribution is -0.153. The van der Waals surface area contributed by atoms with E-state index in [-0.39, 0.29) is 5.41 Å². The van der Waals surface area contributed by atoms with Crippen LogP contribution in [-0.2, 0) is 20.7 Å². The second-order valence-electron chi connectivity index (χ2n) is 5.96. The van der Waals surface area contributed by atoms with Gasteiger partial charge in [-0.05, 0) is 35.8 Å². The number of Topliss-reactive ketones (excluding diaryl/α,β-unsaturated/α-hetero) is 1. The van der Waals surface area contributed by atoms with Crippen molar-refractivity contribution >= 4 is 29.1 Å². The molecule has 0 aromatic heterocycles. The Kier molecular flexibility index (Phi) is 4.04. The smallest absolute Gasteiger partial charge is 0.375 e. The first-order valence-corrected chi connectivity index (χ1v) is 7.97. The number of methoxy groups -OCH3 is 1. The molecule has 0 saturated heterocycles. The van der Waals surface area contributed by atoms with E-state index >= 15 is 0 Å². The minimum Gasteiger partial charge on any atom is -0.463 e. The molecule has 0 radical (unpaired) electrons. The summed E-state index contributed by atoms with van der Waals surface area (Å²) in [5, 5.41) is 0. The monoisotopic (exact) mass is 319 g/mol. The van der Waals surface area contributed by atoms with Crippen LogP contribution in [0.15, 0.2) is 29.3 Å². The van der Waals surface area contributed by atoms with Gasteiger partial charge in [0.15, 0.2) is 0 Å². The second-order valence-corrected chi connectivity index (χ2v) is 6.23. The summed E-state index contributed by atoms with van der Waals surface area (Å²) in [5.41, 5.74) is 2.49. The third-order valence-corrected chi connectivity index (χ3v) is 5.18. The average Bonchev–Trinajstić information content (AvgIpc) is 3.35. The molecule has 1 aromatic carbocycles. The quantitative estimate of drug-likeness (QED) is 0.476. The Bertz CT molecular complexity index is 649. The van der Waals surface area contributed by atoms with E-state index in [0.29, 0.717) is 18.1 Å². The molecule has 1 atom stereocenters. The third kappa shape index (κ3) is 2.45. The van der Waals surface area contributed by atoms with E-state index in [1.807, 2.05) is 24.3 Å². The van der Waals surface area contributed by atoms with Gasteiger partial charge in [-0.25, -0.2) is 4.79 Å². The summed E-state index contributed by atoms with van der Waals surface area (Å²) in [4.78, 5) is 29.0. The van der Waals surface area contributed by atoms with E-state index in [4.69, 9.17) is 11.6 Å². The van der Waals surface area contributed by atoms with Crippen molar-refractivity contribution in [3.8, 4) is 0 Å².